The number of aromatic nitrogens is 2. The predicted octanol–water partition coefficient (Wildman–Crippen LogP) is 4.93. The van der Waals surface area contributed by atoms with Gasteiger partial charge >= 0.3 is 0 Å². The number of hydrogen-bond acceptors (Lipinski definition) is 5. The molecule has 2 saturated carbocycles. The average Bonchev–Trinajstić information content (AvgIpc) is 3.39. The molecule has 2 heterocycles. The van der Waals surface area contributed by atoms with E-state index >= 15 is 0 Å². The highest BCUT2D eigenvalue weighted by molar-refractivity contribution is 5.96. The Kier molecular flexibility index (Phi) is 5.05. The van der Waals surface area contributed by atoms with E-state index in [2.05, 4.69) is 20.6 Å². The Bertz CT molecular complexity index is 1020. The van der Waals surface area contributed by atoms with E-state index in [-0.39, 0.29) is 11.9 Å². The van der Waals surface area contributed by atoms with Gasteiger partial charge in [-0.2, -0.15) is 0 Å². The third-order valence-corrected chi connectivity index (χ3v) is 6.08. The van der Waals surface area contributed by atoms with Crippen LogP contribution in [0.25, 0.3) is 0 Å². The number of carbonyl (C=O) groups is 1. The van der Waals surface area contributed by atoms with E-state index in [0.29, 0.717) is 23.1 Å². The third-order valence-electron chi connectivity index (χ3n) is 6.08. The van der Waals surface area contributed by atoms with E-state index in [0.717, 1.165) is 23.8 Å². The summed E-state index contributed by atoms with van der Waals surface area (Å²) in [5.74, 6) is 3.01. The van der Waals surface area contributed by atoms with Crippen LogP contribution in [0.5, 0.6) is 11.6 Å². The van der Waals surface area contributed by atoms with Crippen LogP contribution in [-0.2, 0) is 0 Å². The molecule has 2 aliphatic carbocycles. The summed E-state index contributed by atoms with van der Waals surface area (Å²) >= 11 is 0. The molecule has 2 bridgehead atoms. The molecule has 2 fully saturated rings. The van der Waals surface area contributed by atoms with Gasteiger partial charge in [-0.1, -0.05) is 12.5 Å². The number of benzene rings is 1. The molecular formula is C24H24N4O2. The van der Waals surface area contributed by atoms with Crippen molar-refractivity contribution in [3.63, 3.8) is 0 Å². The number of hydrogen-bond donors (Lipinski definition) is 2. The molecule has 30 heavy (non-hydrogen) atoms. The molecule has 2 N–H and O–H groups in total. The van der Waals surface area contributed by atoms with Crippen molar-refractivity contribution in [2.75, 3.05) is 5.32 Å². The molecule has 3 unspecified atom stereocenters. The minimum Gasteiger partial charge on any atom is -0.438 e. The molecule has 1 aromatic carbocycles. The van der Waals surface area contributed by atoms with E-state index in [1.54, 1.807) is 24.5 Å². The van der Waals surface area contributed by atoms with Gasteiger partial charge in [-0.3, -0.25) is 4.79 Å². The van der Waals surface area contributed by atoms with Crippen LogP contribution in [0, 0.1) is 11.8 Å². The van der Waals surface area contributed by atoms with E-state index < -0.39 is 0 Å². The van der Waals surface area contributed by atoms with Gasteiger partial charge in [0, 0.05) is 24.1 Å². The SMILES string of the molecule is O=C(NC1CC2CCC1C2)c1cccnc1Oc1ccc(Nc2ccccn2)cc1. The molecule has 0 saturated heterocycles. The predicted molar refractivity (Wildman–Crippen MR) is 115 cm³/mol. The molecule has 0 radical (unpaired) electrons. The van der Waals surface area contributed by atoms with E-state index in [1.807, 2.05) is 42.5 Å². The van der Waals surface area contributed by atoms with Crippen LogP contribution in [0.4, 0.5) is 11.5 Å². The molecule has 3 atom stereocenters. The number of carbonyl (C=O) groups excluding carboxylic acids is 1. The number of ether oxygens (including phenoxy) is 1. The number of nitrogens with zero attached hydrogens (tertiary/aromatic N) is 2. The maximum absolute atomic E-state index is 12.9. The van der Waals surface area contributed by atoms with Crippen molar-refractivity contribution < 1.29 is 9.53 Å². The summed E-state index contributed by atoms with van der Waals surface area (Å²) in [4.78, 5) is 21.5. The van der Waals surface area contributed by atoms with Crippen molar-refractivity contribution in [2.24, 2.45) is 11.8 Å². The van der Waals surface area contributed by atoms with Crippen LogP contribution in [0.2, 0.25) is 0 Å². The number of pyridine rings is 2. The van der Waals surface area contributed by atoms with Gasteiger partial charge < -0.3 is 15.4 Å². The van der Waals surface area contributed by atoms with Gasteiger partial charge in [-0.15, -0.1) is 0 Å². The summed E-state index contributed by atoms with van der Waals surface area (Å²) in [5.41, 5.74) is 1.37. The van der Waals surface area contributed by atoms with Gasteiger partial charge in [0.05, 0.1) is 0 Å². The van der Waals surface area contributed by atoms with Crippen molar-refractivity contribution in [3.05, 3.63) is 72.6 Å². The number of anilines is 2. The van der Waals surface area contributed by atoms with Crippen molar-refractivity contribution >= 4 is 17.4 Å². The maximum Gasteiger partial charge on any atom is 0.257 e. The lowest BCUT2D eigenvalue weighted by molar-refractivity contribution is 0.0920. The fraction of sp³-hybridized carbons (Fsp3) is 0.292. The van der Waals surface area contributed by atoms with Crippen LogP contribution in [0.1, 0.15) is 36.0 Å². The standard InChI is InChI=1S/C24H24N4O2/c29-23(28-21-15-16-6-7-17(21)14-16)20-4-3-13-26-24(20)30-19-10-8-18(9-11-19)27-22-5-1-2-12-25-22/h1-5,8-13,16-17,21H,6-7,14-15H2,(H,25,27)(H,28,29). The van der Waals surface area contributed by atoms with Crippen LogP contribution in [0.15, 0.2) is 67.0 Å². The van der Waals surface area contributed by atoms with Crippen LogP contribution in [-0.4, -0.2) is 21.9 Å². The highest BCUT2D eigenvalue weighted by atomic mass is 16.5. The highest BCUT2D eigenvalue weighted by Gasteiger charge is 2.40. The van der Waals surface area contributed by atoms with Gasteiger partial charge in [0.2, 0.25) is 5.88 Å². The second kappa shape index (κ2) is 8.14. The number of amides is 1. The topological polar surface area (TPSA) is 76.1 Å². The first-order valence-electron chi connectivity index (χ1n) is 10.5. The first kappa shape index (κ1) is 18.6. The van der Waals surface area contributed by atoms with Gasteiger partial charge in [-0.05, 0) is 79.6 Å². The zero-order valence-electron chi connectivity index (χ0n) is 16.6. The molecule has 0 aliphatic heterocycles. The summed E-state index contributed by atoms with van der Waals surface area (Å²) in [5, 5.41) is 6.45. The Morgan fingerprint density at radius 3 is 2.53 bits per heavy atom. The average molecular weight is 400 g/mol. The fourth-order valence-corrected chi connectivity index (χ4v) is 4.62. The summed E-state index contributed by atoms with van der Waals surface area (Å²) in [6.45, 7) is 0. The fourth-order valence-electron chi connectivity index (χ4n) is 4.62. The first-order chi connectivity index (χ1) is 14.7. The maximum atomic E-state index is 12.9. The highest BCUT2D eigenvalue weighted by Crippen LogP contribution is 2.44. The molecule has 0 spiro atoms. The molecule has 6 nitrogen and oxygen atoms in total. The Morgan fingerprint density at radius 2 is 1.80 bits per heavy atom. The van der Waals surface area contributed by atoms with E-state index in [4.69, 9.17) is 4.74 Å². The Hall–Kier alpha value is -3.41. The second-order valence-electron chi connectivity index (χ2n) is 8.08. The normalized spacial score (nSPS) is 21.9. The van der Waals surface area contributed by atoms with Crippen molar-refractivity contribution in [3.8, 4) is 11.6 Å². The number of fused-ring (bicyclic) bond motifs is 2. The Labute approximate surface area is 175 Å². The molecule has 5 rings (SSSR count). The van der Waals surface area contributed by atoms with Crippen molar-refractivity contribution in [1.82, 2.24) is 15.3 Å². The third kappa shape index (κ3) is 3.99. The van der Waals surface area contributed by atoms with E-state index in [1.165, 1.54) is 19.3 Å². The van der Waals surface area contributed by atoms with Gasteiger partial charge in [0.25, 0.3) is 5.91 Å². The summed E-state index contributed by atoms with van der Waals surface area (Å²) in [6, 6.07) is 17.0. The largest absolute Gasteiger partial charge is 0.438 e. The zero-order chi connectivity index (χ0) is 20.3. The Morgan fingerprint density at radius 1 is 0.933 bits per heavy atom. The van der Waals surface area contributed by atoms with Crippen molar-refractivity contribution in [1.29, 1.82) is 0 Å². The smallest absolute Gasteiger partial charge is 0.257 e. The van der Waals surface area contributed by atoms with Gasteiger partial charge in [0.15, 0.2) is 0 Å². The zero-order valence-corrected chi connectivity index (χ0v) is 16.6. The van der Waals surface area contributed by atoms with Crippen LogP contribution >= 0.6 is 0 Å². The first-order valence-corrected chi connectivity index (χ1v) is 10.5. The summed E-state index contributed by atoms with van der Waals surface area (Å²) in [7, 11) is 0. The molecule has 3 aromatic rings. The molecule has 152 valence electrons. The number of nitrogens with one attached hydrogen (secondary N) is 2. The number of rotatable bonds is 6. The molecule has 2 aromatic heterocycles. The van der Waals surface area contributed by atoms with Gasteiger partial charge in [0.1, 0.15) is 17.1 Å². The summed E-state index contributed by atoms with van der Waals surface area (Å²) < 4.78 is 5.95. The molecular weight excluding hydrogens is 376 g/mol. The van der Waals surface area contributed by atoms with Gasteiger partial charge in [-0.25, -0.2) is 9.97 Å². The van der Waals surface area contributed by atoms with Crippen molar-refractivity contribution in [2.45, 2.75) is 31.7 Å². The molecule has 2 aliphatic rings. The lowest BCUT2D eigenvalue weighted by Crippen LogP contribution is -2.38. The minimum absolute atomic E-state index is 0.107. The monoisotopic (exact) mass is 400 g/mol. The minimum atomic E-state index is -0.107. The quantitative estimate of drug-likeness (QED) is 0.613. The lowest BCUT2D eigenvalue weighted by atomic mass is 9.95. The van der Waals surface area contributed by atoms with E-state index in [9.17, 15) is 4.79 Å². The second-order valence-corrected chi connectivity index (χ2v) is 8.08. The molecule has 1 amide bonds. The summed E-state index contributed by atoms with van der Waals surface area (Å²) in [6.07, 6.45) is 8.26. The lowest BCUT2D eigenvalue weighted by Gasteiger charge is -2.23. The van der Waals surface area contributed by atoms with Crippen LogP contribution in [0.3, 0.4) is 0 Å². The Balaban J connectivity index is 1.26. The molecule has 6 heteroatoms. The van der Waals surface area contributed by atoms with Crippen LogP contribution < -0.4 is 15.4 Å².